The van der Waals surface area contributed by atoms with E-state index in [1.165, 1.54) is 24.3 Å². The molecule has 0 radical (unpaired) electrons. The van der Waals surface area contributed by atoms with Gasteiger partial charge in [-0.15, -0.1) is 11.8 Å². The molecule has 1 aliphatic rings. The van der Waals surface area contributed by atoms with Crippen molar-refractivity contribution in [2.75, 3.05) is 26.5 Å². The molecular formula is C18H18N2O5S. The van der Waals surface area contributed by atoms with E-state index < -0.39 is 4.92 Å². The average molecular weight is 374 g/mol. The van der Waals surface area contributed by atoms with Gasteiger partial charge in [-0.3, -0.25) is 14.9 Å². The number of carbonyl (C=O) groups is 1. The number of amides is 1. The minimum atomic E-state index is -0.482. The molecule has 1 atom stereocenters. The van der Waals surface area contributed by atoms with Gasteiger partial charge in [0.05, 0.1) is 19.1 Å². The summed E-state index contributed by atoms with van der Waals surface area (Å²) >= 11 is 1.64. The molecule has 0 bridgehead atoms. The van der Waals surface area contributed by atoms with Crippen LogP contribution in [0.4, 0.5) is 5.69 Å². The minimum absolute atomic E-state index is 0.0386. The molecule has 2 aromatic carbocycles. The largest absolute Gasteiger partial charge is 0.493 e. The molecule has 0 spiro atoms. The maximum atomic E-state index is 12.9. The van der Waals surface area contributed by atoms with E-state index in [9.17, 15) is 14.9 Å². The van der Waals surface area contributed by atoms with Gasteiger partial charge in [-0.25, -0.2) is 0 Å². The van der Waals surface area contributed by atoms with Gasteiger partial charge >= 0.3 is 0 Å². The predicted octanol–water partition coefficient (Wildman–Crippen LogP) is 3.50. The highest BCUT2D eigenvalue weighted by Gasteiger charge is 2.34. The second-order valence-electron chi connectivity index (χ2n) is 5.61. The lowest BCUT2D eigenvalue weighted by molar-refractivity contribution is -0.384. The SMILES string of the molecule is COc1cccc(C2SCCN2C(=O)c2ccc([N+](=O)[O-])cc2)c1OC. The Balaban J connectivity index is 1.91. The lowest BCUT2D eigenvalue weighted by atomic mass is 10.1. The fourth-order valence-electron chi connectivity index (χ4n) is 2.93. The van der Waals surface area contributed by atoms with Crippen LogP contribution in [0.5, 0.6) is 11.5 Å². The van der Waals surface area contributed by atoms with Crippen molar-refractivity contribution in [2.45, 2.75) is 5.37 Å². The van der Waals surface area contributed by atoms with Crippen molar-refractivity contribution in [1.82, 2.24) is 4.90 Å². The van der Waals surface area contributed by atoms with Crippen molar-refractivity contribution in [3.8, 4) is 11.5 Å². The van der Waals surface area contributed by atoms with Crippen LogP contribution in [0.15, 0.2) is 42.5 Å². The number of non-ortho nitro benzene ring substituents is 1. The molecule has 0 aliphatic carbocycles. The number of nitro benzene ring substituents is 1. The van der Waals surface area contributed by atoms with Gasteiger partial charge in [0.1, 0.15) is 5.37 Å². The quantitative estimate of drug-likeness (QED) is 0.588. The molecule has 8 heteroatoms. The summed E-state index contributed by atoms with van der Waals surface area (Å²) in [6.45, 7) is 0.589. The Bertz CT molecular complexity index is 825. The Morgan fingerprint density at radius 3 is 2.54 bits per heavy atom. The van der Waals surface area contributed by atoms with Crippen molar-refractivity contribution >= 4 is 23.4 Å². The molecule has 1 unspecified atom stereocenters. The third-order valence-corrected chi connectivity index (χ3v) is 5.42. The second kappa shape index (κ2) is 7.65. The minimum Gasteiger partial charge on any atom is -0.493 e. The molecule has 0 aromatic heterocycles. The van der Waals surface area contributed by atoms with Crippen molar-refractivity contribution < 1.29 is 19.2 Å². The Kier molecular flexibility index (Phi) is 5.32. The van der Waals surface area contributed by atoms with E-state index in [-0.39, 0.29) is 17.0 Å². The van der Waals surface area contributed by atoms with Gasteiger partial charge in [0.15, 0.2) is 11.5 Å². The van der Waals surface area contributed by atoms with Crippen LogP contribution in [0, 0.1) is 10.1 Å². The third-order valence-electron chi connectivity index (χ3n) is 4.18. The first-order valence-electron chi connectivity index (χ1n) is 7.94. The fourth-order valence-corrected chi connectivity index (χ4v) is 4.21. The zero-order chi connectivity index (χ0) is 18.7. The molecule has 0 saturated carbocycles. The number of carbonyl (C=O) groups excluding carboxylic acids is 1. The number of rotatable bonds is 5. The molecule has 3 rings (SSSR count). The van der Waals surface area contributed by atoms with Crippen LogP contribution in [0.3, 0.4) is 0 Å². The van der Waals surface area contributed by atoms with Crippen LogP contribution in [0.25, 0.3) is 0 Å². The first-order valence-corrected chi connectivity index (χ1v) is 8.99. The van der Waals surface area contributed by atoms with E-state index in [4.69, 9.17) is 9.47 Å². The van der Waals surface area contributed by atoms with E-state index >= 15 is 0 Å². The number of nitro groups is 1. The standard InChI is InChI=1S/C18H18N2O5S/c1-24-15-5-3-4-14(16(15)25-2)18-19(10-11-26-18)17(21)12-6-8-13(9-7-12)20(22)23/h3-9,18H,10-11H2,1-2H3. The summed E-state index contributed by atoms with van der Waals surface area (Å²) in [5.74, 6) is 1.85. The summed E-state index contributed by atoms with van der Waals surface area (Å²) < 4.78 is 10.9. The topological polar surface area (TPSA) is 81.9 Å². The molecule has 26 heavy (non-hydrogen) atoms. The molecule has 1 amide bonds. The Hall–Kier alpha value is -2.74. The summed E-state index contributed by atoms with van der Waals surface area (Å²) in [5.41, 5.74) is 1.25. The molecule has 0 N–H and O–H groups in total. The summed E-state index contributed by atoms with van der Waals surface area (Å²) in [7, 11) is 3.15. The van der Waals surface area contributed by atoms with Crippen LogP contribution in [0.1, 0.15) is 21.3 Å². The fraction of sp³-hybridized carbons (Fsp3) is 0.278. The van der Waals surface area contributed by atoms with Gasteiger partial charge < -0.3 is 14.4 Å². The van der Waals surface area contributed by atoms with Gasteiger partial charge in [-0.2, -0.15) is 0 Å². The van der Waals surface area contributed by atoms with Crippen LogP contribution in [-0.2, 0) is 0 Å². The van der Waals surface area contributed by atoms with Crippen molar-refractivity contribution in [3.05, 3.63) is 63.7 Å². The zero-order valence-corrected chi connectivity index (χ0v) is 15.2. The number of benzene rings is 2. The van der Waals surface area contributed by atoms with Crippen LogP contribution in [-0.4, -0.2) is 42.2 Å². The zero-order valence-electron chi connectivity index (χ0n) is 14.4. The number of para-hydroxylation sites is 1. The number of nitrogens with zero attached hydrogens (tertiary/aromatic N) is 2. The van der Waals surface area contributed by atoms with Crippen LogP contribution >= 0.6 is 11.8 Å². The number of methoxy groups -OCH3 is 2. The van der Waals surface area contributed by atoms with Crippen molar-refractivity contribution in [1.29, 1.82) is 0 Å². The smallest absolute Gasteiger partial charge is 0.269 e. The highest BCUT2D eigenvalue weighted by Crippen LogP contribution is 2.45. The lowest BCUT2D eigenvalue weighted by Gasteiger charge is -2.26. The summed E-state index contributed by atoms with van der Waals surface area (Å²) in [5, 5.41) is 10.6. The van der Waals surface area contributed by atoms with Gasteiger partial charge in [0.25, 0.3) is 11.6 Å². The molecule has 1 aliphatic heterocycles. The van der Waals surface area contributed by atoms with Gasteiger partial charge in [-0.05, 0) is 18.2 Å². The van der Waals surface area contributed by atoms with Crippen LogP contribution < -0.4 is 9.47 Å². The van der Waals surface area contributed by atoms with Gasteiger partial charge in [-0.1, -0.05) is 12.1 Å². The summed E-state index contributed by atoms with van der Waals surface area (Å²) in [4.78, 5) is 25.0. The highest BCUT2D eigenvalue weighted by molar-refractivity contribution is 7.99. The normalized spacial score (nSPS) is 16.4. The first kappa shape index (κ1) is 18.1. The predicted molar refractivity (Wildman–Crippen MR) is 98.9 cm³/mol. The molecule has 1 saturated heterocycles. The van der Waals surface area contributed by atoms with Gasteiger partial charge in [0.2, 0.25) is 0 Å². The maximum absolute atomic E-state index is 12.9. The second-order valence-corrected chi connectivity index (χ2v) is 6.80. The van der Waals surface area contributed by atoms with E-state index in [1.54, 1.807) is 30.9 Å². The molecule has 2 aromatic rings. The number of hydrogen-bond donors (Lipinski definition) is 0. The Morgan fingerprint density at radius 2 is 1.92 bits per heavy atom. The average Bonchev–Trinajstić information content (AvgIpc) is 3.16. The van der Waals surface area contributed by atoms with E-state index in [2.05, 4.69) is 0 Å². The van der Waals surface area contributed by atoms with Gasteiger partial charge in [0, 0.05) is 35.6 Å². The monoisotopic (exact) mass is 374 g/mol. The third kappa shape index (κ3) is 3.32. The van der Waals surface area contributed by atoms with E-state index in [0.29, 0.717) is 23.6 Å². The van der Waals surface area contributed by atoms with Crippen molar-refractivity contribution in [2.24, 2.45) is 0 Å². The molecular weight excluding hydrogens is 356 g/mol. The molecule has 1 fully saturated rings. The number of ether oxygens (including phenoxy) is 2. The molecule has 1 heterocycles. The Morgan fingerprint density at radius 1 is 1.19 bits per heavy atom. The summed E-state index contributed by atoms with van der Waals surface area (Å²) in [6.07, 6.45) is 0. The van der Waals surface area contributed by atoms with E-state index in [0.717, 1.165) is 11.3 Å². The van der Waals surface area contributed by atoms with Crippen LogP contribution in [0.2, 0.25) is 0 Å². The Labute approximate surface area is 155 Å². The number of thioether (sulfide) groups is 1. The van der Waals surface area contributed by atoms with Crippen molar-refractivity contribution in [3.63, 3.8) is 0 Å². The van der Waals surface area contributed by atoms with E-state index in [1.807, 2.05) is 18.2 Å². The lowest BCUT2D eigenvalue weighted by Crippen LogP contribution is -2.30. The summed E-state index contributed by atoms with van der Waals surface area (Å²) in [6, 6.07) is 11.3. The first-order chi connectivity index (χ1) is 12.6. The maximum Gasteiger partial charge on any atom is 0.269 e. The molecule has 7 nitrogen and oxygen atoms in total. The molecule has 136 valence electrons. The highest BCUT2D eigenvalue weighted by atomic mass is 32.2. The number of hydrogen-bond acceptors (Lipinski definition) is 6.